The van der Waals surface area contributed by atoms with E-state index < -0.39 is 10.0 Å². The molecule has 1 heterocycles. The lowest BCUT2D eigenvalue weighted by molar-refractivity contribution is -0.117. The van der Waals surface area contributed by atoms with Crippen LogP contribution in [0.3, 0.4) is 0 Å². The first-order valence-corrected chi connectivity index (χ1v) is 7.21. The van der Waals surface area contributed by atoms with Gasteiger partial charge in [0.05, 0.1) is 12.2 Å². The highest BCUT2D eigenvalue weighted by Gasteiger charge is 2.29. The first-order chi connectivity index (χ1) is 7.97. The fourth-order valence-corrected chi connectivity index (χ4v) is 2.44. The molecule has 1 aliphatic rings. The lowest BCUT2D eigenvalue weighted by Crippen LogP contribution is -2.25. The number of hydrogen-bond donors (Lipinski definition) is 2. The second kappa shape index (κ2) is 4.46. The van der Waals surface area contributed by atoms with Gasteiger partial charge in [0.15, 0.2) is 0 Å². The van der Waals surface area contributed by atoms with E-state index in [1.54, 1.807) is 0 Å². The number of benzene rings is 1. The molecular formula is C11H14N2O3S. The molecule has 17 heavy (non-hydrogen) atoms. The van der Waals surface area contributed by atoms with Crippen molar-refractivity contribution in [1.29, 1.82) is 0 Å². The molecule has 1 amide bonds. The number of rotatable bonds is 4. The van der Waals surface area contributed by atoms with E-state index in [2.05, 4.69) is 10.0 Å². The van der Waals surface area contributed by atoms with Crippen LogP contribution in [0.2, 0.25) is 0 Å². The Labute approximate surface area is 100 Å². The summed E-state index contributed by atoms with van der Waals surface area (Å²) < 4.78 is 24.2. The normalized spacial score (nSPS) is 18.9. The Morgan fingerprint density at radius 2 is 2.06 bits per heavy atom. The van der Waals surface area contributed by atoms with Gasteiger partial charge < -0.3 is 5.32 Å². The second-order valence-electron chi connectivity index (χ2n) is 4.08. The van der Waals surface area contributed by atoms with Gasteiger partial charge in [-0.3, -0.25) is 4.79 Å². The molecule has 1 aliphatic heterocycles. The Morgan fingerprint density at radius 3 is 2.76 bits per heavy atom. The van der Waals surface area contributed by atoms with Gasteiger partial charge in [0.1, 0.15) is 0 Å². The average molecular weight is 254 g/mol. The third-order valence-electron chi connectivity index (χ3n) is 2.71. The molecule has 2 N–H and O–H groups in total. The molecule has 2 rings (SSSR count). The quantitative estimate of drug-likeness (QED) is 0.829. The van der Waals surface area contributed by atoms with Crippen LogP contribution in [0.25, 0.3) is 0 Å². The highest BCUT2D eigenvalue weighted by Crippen LogP contribution is 2.33. The molecule has 1 unspecified atom stereocenters. The van der Waals surface area contributed by atoms with Crippen molar-refractivity contribution in [2.24, 2.45) is 0 Å². The van der Waals surface area contributed by atoms with E-state index in [0.717, 1.165) is 17.5 Å². The molecule has 92 valence electrons. The van der Waals surface area contributed by atoms with Gasteiger partial charge in [0.25, 0.3) is 0 Å². The topological polar surface area (TPSA) is 75.3 Å². The lowest BCUT2D eigenvalue weighted by atomic mass is 9.97. The van der Waals surface area contributed by atoms with E-state index >= 15 is 0 Å². The summed E-state index contributed by atoms with van der Waals surface area (Å²) in [6, 6.07) is 7.46. The maximum atomic E-state index is 11.7. The number of amides is 1. The molecule has 0 radical (unpaired) electrons. The van der Waals surface area contributed by atoms with Gasteiger partial charge >= 0.3 is 0 Å². The van der Waals surface area contributed by atoms with E-state index in [1.807, 2.05) is 24.3 Å². The van der Waals surface area contributed by atoms with Crippen LogP contribution >= 0.6 is 0 Å². The van der Waals surface area contributed by atoms with E-state index in [9.17, 15) is 13.2 Å². The average Bonchev–Trinajstić information content (AvgIpc) is 2.54. The molecular weight excluding hydrogens is 240 g/mol. The van der Waals surface area contributed by atoms with Crippen LogP contribution in [0, 0.1) is 0 Å². The van der Waals surface area contributed by atoms with E-state index in [1.165, 1.54) is 0 Å². The summed E-state index contributed by atoms with van der Waals surface area (Å²) >= 11 is 0. The van der Waals surface area contributed by atoms with Crippen LogP contribution in [-0.4, -0.2) is 27.1 Å². The third-order valence-corrected chi connectivity index (χ3v) is 3.44. The minimum absolute atomic E-state index is 0.0681. The van der Waals surface area contributed by atoms with Crippen LogP contribution in [0.15, 0.2) is 24.3 Å². The number of nitrogens with one attached hydrogen (secondary N) is 2. The van der Waals surface area contributed by atoms with Gasteiger partial charge in [0, 0.05) is 12.2 Å². The SMILES string of the molecule is CS(=O)(=O)NCCC1C(=O)Nc2ccccc21. The molecule has 6 heteroatoms. The Balaban J connectivity index is 2.05. The van der Waals surface area contributed by atoms with Crippen molar-refractivity contribution in [3.63, 3.8) is 0 Å². The second-order valence-corrected chi connectivity index (χ2v) is 5.92. The van der Waals surface area contributed by atoms with Crippen molar-refractivity contribution in [3.8, 4) is 0 Å². The Hall–Kier alpha value is -1.40. The number of para-hydroxylation sites is 1. The molecule has 0 aliphatic carbocycles. The zero-order valence-corrected chi connectivity index (χ0v) is 10.3. The highest BCUT2D eigenvalue weighted by atomic mass is 32.2. The highest BCUT2D eigenvalue weighted by molar-refractivity contribution is 7.88. The van der Waals surface area contributed by atoms with Crippen molar-refractivity contribution >= 4 is 21.6 Å². The molecule has 0 bridgehead atoms. The van der Waals surface area contributed by atoms with Crippen molar-refractivity contribution in [1.82, 2.24) is 4.72 Å². The van der Waals surface area contributed by atoms with Gasteiger partial charge in [-0.25, -0.2) is 13.1 Å². The standard InChI is InChI=1S/C11H14N2O3S/c1-17(15,16)12-7-6-9-8-4-2-3-5-10(8)13-11(9)14/h2-5,9,12H,6-7H2,1H3,(H,13,14). The zero-order chi connectivity index (χ0) is 12.5. The number of hydrogen-bond acceptors (Lipinski definition) is 3. The first kappa shape index (κ1) is 12.1. The largest absolute Gasteiger partial charge is 0.325 e. The summed E-state index contributed by atoms with van der Waals surface area (Å²) in [7, 11) is -3.19. The molecule has 0 fully saturated rings. The minimum Gasteiger partial charge on any atom is -0.325 e. The number of fused-ring (bicyclic) bond motifs is 1. The molecule has 1 aromatic carbocycles. The first-order valence-electron chi connectivity index (χ1n) is 5.32. The zero-order valence-electron chi connectivity index (χ0n) is 9.43. The maximum Gasteiger partial charge on any atom is 0.232 e. The van der Waals surface area contributed by atoms with Crippen LogP contribution in [-0.2, 0) is 14.8 Å². The monoisotopic (exact) mass is 254 g/mol. The predicted molar refractivity (Wildman–Crippen MR) is 65.3 cm³/mol. The van der Waals surface area contributed by atoms with E-state index in [0.29, 0.717) is 6.42 Å². The van der Waals surface area contributed by atoms with Gasteiger partial charge in [-0.2, -0.15) is 0 Å². The van der Waals surface area contributed by atoms with Crippen LogP contribution < -0.4 is 10.0 Å². The number of sulfonamides is 1. The van der Waals surface area contributed by atoms with Gasteiger partial charge in [-0.15, -0.1) is 0 Å². The molecule has 5 nitrogen and oxygen atoms in total. The number of carbonyl (C=O) groups is 1. The smallest absolute Gasteiger partial charge is 0.232 e. The predicted octanol–water partition coefficient (Wildman–Crippen LogP) is 0.662. The molecule has 0 spiro atoms. The number of anilines is 1. The molecule has 0 aromatic heterocycles. The van der Waals surface area contributed by atoms with Crippen LogP contribution in [0.1, 0.15) is 17.9 Å². The fourth-order valence-electron chi connectivity index (χ4n) is 1.95. The molecule has 0 saturated heterocycles. The van der Waals surface area contributed by atoms with Crippen LogP contribution in [0.5, 0.6) is 0 Å². The Morgan fingerprint density at radius 1 is 1.35 bits per heavy atom. The van der Waals surface area contributed by atoms with E-state index in [-0.39, 0.29) is 18.4 Å². The van der Waals surface area contributed by atoms with Gasteiger partial charge in [-0.05, 0) is 18.1 Å². The fraction of sp³-hybridized carbons (Fsp3) is 0.364. The van der Waals surface area contributed by atoms with Crippen LogP contribution in [0.4, 0.5) is 5.69 Å². The van der Waals surface area contributed by atoms with Crippen molar-refractivity contribution < 1.29 is 13.2 Å². The Bertz CT molecular complexity index is 539. The number of carbonyl (C=O) groups excluding carboxylic acids is 1. The summed E-state index contributed by atoms with van der Waals surface area (Å²) in [5.74, 6) is -0.332. The summed E-state index contributed by atoms with van der Waals surface area (Å²) in [5.41, 5.74) is 1.76. The van der Waals surface area contributed by atoms with Gasteiger partial charge in [-0.1, -0.05) is 18.2 Å². The summed E-state index contributed by atoms with van der Waals surface area (Å²) in [6.07, 6.45) is 1.57. The summed E-state index contributed by atoms with van der Waals surface area (Å²) in [4.78, 5) is 11.7. The minimum atomic E-state index is -3.19. The summed E-state index contributed by atoms with van der Waals surface area (Å²) in [5, 5.41) is 2.78. The van der Waals surface area contributed by atoms with Crippen molar-refractivity contribution in [2.45, 2.75) is 12.3 Å². The van der Waals surface area contributed by atoms with Gasteiger partial charge in [0.2, 0.25) is 15.9 Å². The van der Waals surface area contributed by atoms with E-state index in [4.69, 9.17) is 0 Å². The Kier molecular flexibility index (Phi) is 3.17. The summed E-state index contributed by atoms with van der Waals surface area (Å²) in [6.45, 7) is 0.269. The van der Waals surface area contributed by atoms with Crippen molar-refractivity contribution in [2.75, 3.05) is 18.1 Å². The molecule has 1 atom stereocenters. The van der Waals surface area contributed by atoms with Crippen molar-refractivity contribution in [3.05, 3.63) is 29.8 Å². The maximum absolute atomic E-state index is 11.7. The lowest BCUT2D eigenvalue weighted by Gasteiger charge is -2.08. The molecule has 1 aromatic rings. The molecule has 0 saturated carbocycles. The third kappa shape index (κ3) is 2.83.